The molecule has 1 aromatic heterocycles. The summed E-state index contributed by atoms with van der Waals surface area (Å²) in [5, 5.41) is 22.5. The maximum atomic E-state index is 9.63. The summed E-state index contributed by atoms with van der Waals surface area (Å²) >= 11 is 0. The number of fused-ring (bicyclic) bond motifs is 1. The van der Waals surface area contributed by atoms with Crippen molar-refractivity contribution in [3.63, 3.8) is 0 Å². The lowest BCUT2D eigenvalue weighted by molar-refractivity contribution is 0.155. The Morgan fingerprint density at radius 1 is 1.62 bits per heavy atom. The minimum atomic E-state index is -0.351. The maximum absolute atomic E-state index is 9.63. The molecule has 0 spiro atoms. The molecule has 1 unspecified atom stereocenters. The van der Waals surface area contributed by atoms with Crippen molar-refractivity contribution in [2.24, 2.45) is 0 Å². The van der Waals surface area contributed by atoms with Gasteiger partial charge in [0, 0.05) is 11.3 Å². The van der Waals surface area contributed by atoms with Crippen molar-refractivity contribution in [3.05, 3.63) is 17.5 Å². The van der Waals surface area contributed by atoms with E-state index in [-0.39, 0.29) is 12.7 Å². The summed E-state index contributed by atoms with van der Waals surface area (Å²) in [7, 11) is 0. The van der Waals surface area contributed by atoms with Crippen molar-refractivity contribution in [2.45, 2.75) is 31.9 Å². The summed E-state index contributed by atoms with van der Waals surface area (Å²) in [6.07, 6.45) is 4.17. The van der Waals surface area contributed by atoms with E-state index in [0.717, 1.165) is 30.5 Å². The van der Waals surface area contributed by atoms with Crippen LogP contribution in [0, 0.1) is 0 Å². The highest BCUT2D eigenvalue weighted by Gasteiger charge is 2.21. The number of hydrogen-bond acceptors (Lipinski definition) is 3. The van der Waals surface area contributed by atoms with Crippen molar-refractivity contribution < 1.29 is 10.2 Å². The van der Waals surface area contributed by atoms with Gasteiger partial charge in [-0.25, -0.2) is 0 Å². The number of aliphatic hydroxyl groups excluding tert-OH is 2. The van der Waals surface area contributed by atoms with Gasteiger partial charge in [0.1, 0.15) is 0 Å². The largest absolute Gasteiger partial charge is 0.394 e. The van der Waals surface area contributed by atoms with Crippen LogP contribution in [0.5, 0.6) is 0 Å². The minimum Gasteiger partial charge on any atom is -0.394 e. The van der Waals surface area contributed by atoms with Crippen molar-refractivity contribution in [1.82, 2.24) is 9.78 Å². The van der Waals surface area contributed by atoms with E-state index in [4.69, 9.17) is 5.11 Å². The van der Waals surface area contributed by atoms with Gasteiger partial charge in [0.05, 0.1) is 25.5 Å². The molecule has 1 heterocycles. The standard InChI is InChI=1S/C9H14N2O2/c12-5-4-11-8-2-1-3-9(13)7(8)6-10-11/h6,9,12-13H,1-5H2. The molecule has 1 aliphatic rings. The Bertz CT molecular complexity index is 296. The third-order valence-corrected chi connectivity index (χ3v) is 2.54. The smallest absolute Gasteiger partial charge is 0.0823 e. The molecule has 4 heteroatoms. The zero-order chi connectivity index (χ0) is 9.26. The van der Waals surface area contributed by atoms with E-state index in [0.29, 0.717) is 6.54 Å². The Morgan fingerprint density at radius 2 is 2.46 bits per heavy atom. The fraction of sp³-hybridized carbons (Fsp3) is 0.667. The summed E-state index contributed by atoms with van der Waals surface area (Å²) in [4.78, 5) is 0. The molecule has 72 valence electrons. The number of hydrogen-bond donors (Lipinski definition) is 2. The highest BCUT2D eigenvalue weighted by atomic mass is 16.3. The molecule has 0 radical (unpaired) electrons. The van der Waals surface area contributed by atoms with Gasteiger partial charge in [0.2, 0.25) is 0 Å². The zero-order valence-electron chi connectivity index (χ0n) is 7.48. The topological polar surface area (TPSA) is 58.3 Å². The van der Waals surface area contributed by atoms with Crippen LogP contribution in [0.25, 0.3) is 0 Å². The molecule has 2 N–H and O–H groups in total. The van der Waals surface area contributed by atoms with Gasteiger partial charge in [-0.2, -0.15) is 5.10 Å². The number of aliphatic hydroxyl groups is 2. The monoisotopic (exact) mass is 182 g/mol. The lowest BCUT2D eigenvalue weighted by Gasteiger charge is -2.18. The van der Waals surface area contributed by atoms with E-state index in [2.05, 4.69) is 5.10 Å². The molecular formula is C9H14N2O2. The molecule has 0 aromatic carbocycles. The first-order chi connectivity index (χ1) is 6.33. The third-order valence-electron chi connectivity index (χ3n) is 2.54. The molecular weight excluding hydrogens is 168 g/mol. The Morgan fingerprint density at radius 3 is 3.23 bits per heavy atom. The predicted molar refractivity (Wildman–Crippen MR) is 47.2 cm³/mol. The molecule has 0 saturated carbocycles. The Labute approximate surface area is 76.8 Å². The number of rotatable bonds is 2. The third kappa shape index (κ3) is 1.47. The van der Waals surface area contributed by atoms with Crippen LogP contribution >= 0.6 is 0 Å². The van der Waals surface area contributed by atoms with Gasteiger partial charge in [0.25, 0.3) is 0 Å². The van der Waals surface area contributed by atoms with Gasteiger partial charge >= 0.3 is 0 Å². The second-order valence-electron chi connectivity index (χ2n) is 3.40. The summed E-state index contributed by atoms with van der Waals surface area (Å²) in [6, 6.07) is 0. The van der Waals surface area contributed by atoms with Crippen LogP contribution in [-0.4, -0.2) is 26.6 Å². The molecule has 0 aliphatic heterocycles. The summed E-state index contributed by atoms with van der Waals surface area (Å²) < 4.78 is 1.79. The van der Waals surface area contributed by atoms with E-state index >= 15 is 0 Å². The molecule has 4 nitrogen and oxygen atoms in total. The first-order valence-corrected chi connectivity index (χ1v) is 4.66. The van der Waals surface area contributed by atoms with Crippen LogP contribution in [0.4, 0.5) is 0 Å². The zero-order valence-corrected chi connectivity index (χ0v) is 7.48. The van der Waals surface area contributed by atoms with E-state index in [1.54, 1.807) is 10.9 Å². The van der Waals surface area contributed by atoms with E-state index in [9.17, 15) is 5.11 Å². The van der Waals surface area contributed by atoms with Crippen LogP contribution in [-0.2, 0) is 13.0 Å². The molecule has 1 aliphatic carbocycles. The quantitative estimate of drug-likeness (QED) is 0.689. The Hall–Kier alpha value is -0.870. The fourth-order valence-electron chi connectivity index (χ4n) is 1.88. The molecule has 1 aromatic rings. The highest BCUT2D eigenvalue weighted by molar-refractivity contribution is 5.23. The number of nitrogens with zero attached hydrogens (tertiary/aromatic N) is 2. The lowest BCUT2D eigenvalue weighted by Crippen LogP contribution is -2.14. The number of aromatic nitrogens is 2. The van der Waals surface area contributed by atoms with Gasteiger partial charge in [-0.15, -0.1) is 0 Å². The minimum absolute atomic E-state index is 0.101. The van der Waals surface area contributed by atoms with Crippen molar-refractivity contribution in [1.29, 1.82) is 0 Å². The van der Waals surface area contributed by atoms with E-state index < -0.39 is 0 Å². The molecule has 0 bridgehead atoms. The second-order valence-corrected chi connectivity index (χ2v) is 3.40. The normalized spacial score (nSPS) is 21.5. The van der Waals surface area contributed by atoms with Gasteiger partial charge in [-0.1, -0.05) is 0 Å². The summed E-state index contributed by atoms with van der Waals surface area (Å²) in [5.74, 6) is 0. The summed E-state index contributed by atoms with van der Waals surface area (Å²) in [6.45, 7) is 0.631. The van der Waals surface area contributed by atoms with E-state index in [1.807, 2.05) is 0 Å². The van der Waals surface area contributed by atoms with Crippen molar-refractivity contribution in [3.8, 4) is 0 Å². The van der Waals surface area contributed by atoms with Crippen molar-refractivity contribution >= 4 is 0 Å². The van der Waals surface area contributed by atoms with Crippen LogP contribution in [0.1, 0.15) is 30.2 Å². The van der Waals surface area contributed by atoms with Crippen LogP contribution < -0.4 is 0 Å². The molecule has 13 heavy (non-hydrogen) atoms. The molecule has 2 rings (SSSR count). The van der Waals surface area contributed by atoms with Gasteiger partial charge in [0.15, 0.2) is 0 Å². The van der Waals surface area contributed by atoms with Crippen LogP contribution in [0.3, 0.4) is 0 Å². The highest BCUT2D eigenvalue weighted by Crippen LogP contribution is 2.28. The molecule has 0 amide bonds. The Balaban J connectivity index is 2.30. The lowest BCUT2D eigenvalue weighted by atomic mass is 9.95. The average molecular weight is 182 g/mol. The molecule has 0 saturated heterocycles. The molecule has 0 fully saturated rings. The second kappa shape index (κ2) is 3.47. The SMILES string of the molecule is OCCn1ncc2c1CCCC2O. The Kier molecular flexibility index (Phi) is 2.33. The van der Waals surface area contributed by atoms with Crippen LogP contribution in [0.2, 0.25) is 0 Å². The van der Waals surface area contributed by atoms with Gasteiger partial charge in [-0.3, -0.25) is 4.68 Å². The van der Waals surface area contributed by atoms with E-state index in [1.165, 1.54) is 0 Å². The van der Waals surface area contributed by atoms with Gasteiger partial charge in [-0.05, 0) is 19.3 Å². The van der Waals surface area contributed by atoms with Crippen molar-refractivity contribution in [2.75, 3.05) is 6.61 Å². The predicted octanol–water partition coefficient (Wildman–Crippen LogP) is 0.245. The summed E-state index contributed by atoms with van der Waals surface area (Å²) in [5.41, 5.74) is 2.03. The fourth-order valence-corrected chi connectivity index (χ4v) is 1.88. The average Bonchev–Trinajstić information content (AvgIpc) is 2.51. The molecule has 1 atom stereocenters. The van der Waals surface area contributed by atoms with Gasteiger partial charge < -0.3 is 10.2 Å². The first kappa shape index (κ1) is 8.72. The maximum Gasteiger partial charge on any atom is 0.0823 e. The first-order valence-electron chi connectivity index (χ1n) is 4.66. The van der Waals surface area contributed by atoms with Crippen LogP contribution in [0.15, 0.2) is 6.20 Å².